The summed E-state index contributed by atoms with van der Waals surface area (Å²) in [6.07, 6.45) is 0. The second-order valence-corrected chi connectivity index (χ2v) is 6.23. The van der Waals surface area contributed by atoms with Gasteiger partial charge < -0.3 is 10.6 Å². The van der Waals surface area contributed by atoms with Crippen molar-refractivity contribution in [3.63, 3.8) is 0 Å². The fourth-order valence-corrected chi connectivity index (χ4v) is 2.09. The summed E-state index contributed by atoms with van der Waals surface area (Å²) in [5.74, 6) is 2.17. The second-order valence-electron chi connectivity index (χ2n) is 6.23. The number of hydrogen-bond acceptors (Lipinski definition) is 4. The van der Waals surface area contributed by atoms with Gasteiger partial charge in [0.1, 0.15) is 11.6 Å². The Balaban J connectivity index is 2.23. The molecule has 0 radical (unpaired) electrons. The van der Waals surface area contributed by atoms with Gasteiger partial charge in [-0.1, -0.05) is 27.7 Å². The first kappa shape index (κ1) is 16.9. The van der Waals surface area contributed by atoms with Gasteiger partial charge in [0.25, 0.3) is 0 Å². The largest absolute Gasteiger partial charge is 0.340 e. The molecule has 1 heterocycles. The monoisotopic (exact) mass is 312 g/mol. The lowest BCUT2D eigenvalue weighted by Crippen LogP contribution is -2.07. The highest BCUT2D eigenvalue weighted by atomic mass is 16.1. The molecule has 0 atom stereocenters. The molecule has 0 aliphatic rings. The van der Waals surface area contributed by atoms with Gasteiger partial charge in [0.05, 0.1) is 0 Å². The van der Waals surface area contributed by atoms with Gasteiger partial charge in [-0.05, 0) is 30.2 Å². The van der Waals surface area contributed by atoms with E-state index in [1.54, 1.807) is 0 Å². The lowest BCUT2D eigenvalue weighted by atomic mass is 10.1. The Morgan fingerprint density at radius 1 is 0.957 bits per heavy atom. The SMILES string of the molecule is CC(=O)Nc1ccc(Nc2cc(C(C)C)nc(C(C)C)n2)cc1. The molecule has 0 unspecified atom stereocenters. The Morgan fingerprint density at radius 3 is 2.09 bits per heavy atom. The summed E-state index contributed by atoms with van der Waals surface area (Å²) >= 11 is 0. The molecule has 0 saturated heterocycles. The summed E-state index contributed by atoms with van der Waals surface area (Å²) in [5, 5.41) is 6.06. The average Bonchev–Trinajstić information content (AvgIpc) is 2.48. The van der Waals surface area contributed by atoms with Gasteiger partial charge in [-0.2, -0.15) is 0 Å². The summed E-state index contributed by atoms with van der Waals surface area (Å²) in [7, 11) is 0. The zero-order valence-electron chi connectivity index (χ0n) is 14.3. The fourth-order valence-electron chi connectivity index (χ4n) is 2.09. The van der Waals surface area contributed by atoms with Gasteiger partial charge in [-0.15, -0.1) is 0 Å². The van der Waals surface area contributed by atoms with E-state index in [0.29, 0.717) is 5.92 Å². The second kappa shape index (κ2) is 7.22. The summed E-state index contributed by atoms with van der Waals surface area (Å²) in [6, 6.07) is 9.53. The molecular weight excluding hydrogens is 288 g/mol. The van der Waals surface area contributed by atoms with Gasteiger partial charge in [0, 0.05) is 36.0 Å². The van der Waals surface area contributed by atoms with Crippen LogP contribution in [0.3, 0.4) is 0 Å². The molecule has 0 aliphatic heterocycles. The van der Waals surface area contributed by atoms with Crippen molar-refractivity contribution in [2.24, 2.45) is 0 Å². The highest BCUT2D eigenvalue weighted by Crippen LogP contribution is 2.23. The molecule has 0 bridgehead atoms. The summed E-state index contributed by atoms with van der Waals surface area (Å²) in [5.41, 5.74) is 2.72. The van der Waals surface area contributed by atoms with Crippen molar-refractivity contribution in [2.45, 2.75) is 46.5 Å². The smallest absolute Gasteiger partial charge is 0.221 e. The molecule has 5 nitrogen and oxygen atoms in total. The van der Waals surface area contributed by atoms with E-state index in [0.717, 1.165) is 28.7 Å². The first-order valence-corrected chi connectivity index (χ1v) is 7.88. The van der Waals surface area contributed by atoms with Crippen LogP contribution in [0.2, 0.25) is 0 Å². The van der Waals surface area contributed by atoms with Crippen molar-refractivity contribution < 1.29 is 4.79 Å². The Hall–Kier alpha value is -2.43. The number of carbonyl (C=O) groups excluding carboxylic acids is 1. The Labute approximate surface area is 137 Å². The van der Waals surface area contributed by atoms with E-state index in [-0.39, 0.29) is 11.8 Å². The van der Waals surface area contributed by atoms with E-state index < -0.39 is 0 Å². The van der Waals surface area contributed by atoms with Crippen LogP contribution in [0.5, 0.6) is 0 Å². The summed E-state index contributed by atoms with van der Waals surface area (Å²) in [4.78, 5) is 20.3. The highest BCUT2D eigenvalue weighted by Gasteiger charge is 2.10. The Bertz CT molecular complexity index is 652. The lowest BCUT2D eigenvalue weighted by Gasteiger charge is -2.13. The maximum absolute atomic E-state index is 11.0. The third-order valence-corrected chi connectivity index (χ3v) is 3.35. The molecule has 0 saturated carbocycles. The number of rotatable bonds is 5. The minimum absolute atomic E-state index is 0.0790. The van der Waals surface area contributed by atoms with Gasteiger partial charge in [0.2, 0.25) is 5.91 Å². The Morgan fingerprint density at radius 2 is 1.57 bits per heavy atom. The zero-order chi connectivity index (χ0) is 17.0. The summed E-state index contributed by atoms with van der Waals surface area (Å²) < 4.78 is 0. The van der Waals surface area contributed by atoms with Crippen LogP contribution in [0, 0.1) is 0 Å². The van der Waals surface area contributed by atoms with E-state index in [9.17, 15) is 4.79 Å². The van der Waals surface area contributed by atoms with E-state index in [1.165, 1.54) is 6.92 Å². The van der Waals surface area contributed by atoms with Gasteiger partial charge in [-0.3, -0.25) is 4.79 Å². The predicted octanol–water partition coefficient (Wildman–Crippen LogP) is 4.43. The van der Waals surface area contributed by atoms with Gasteiger partial charge >= 0.3 is 0 Å². The van der Waals surface area contributed by atoms with E-state index >= 15 is 0 Å². The maximum atomic E-state index is 11.0. The lowest BCUT2D eigenvalue weighted by molar-refractivity contribution is -0.114. The molecule has 0 spiro atoms. The van der Waals surface area contributed by atoms with Crippen LogP contribution in [-0.2, 0) is 4.79 Å². The molecule has 0 aliphatic carbocycles. The number of benzene rings is 1. The number of amides is 1. The summed E-state index contributed by atoms with van der Waals surface area (Å²) in [6.45, 7) is 9.92. The van der Waals surface area contributed by atoms with Gasteiger partial charge in [-0.25, -0.2) is 9.97 Å². The number of aromatic nitrogens is 2. The highest BCUT2D eigenvalue weighted by molar-refractivity contribution is 5.88. The predicted molar refractivity (Wildman–Crippen MR) is 94.2 cm³/mol. The standard InChI is InChI=1S/C18H24N4O/c1-11(2)16-10-17(22-18(21-16)12(3)4)20-15-8-6-14(7-9-15)19-13(5)23/h6-12H,1-5H3,(H,19,23)(H,20,21,22). The topological polar surface area (TPSA) is 66.9 Å². The van der Waals surface area contributed by atoms with E-state index in [4.69, 9.17) is 0 Å². The number of carbonyl (C=O) groups is 1. The minimum atomic E-state index is -0.0790. The number of nitrogens with zero attached hydrogens (tertiary/aromatic N) is 2. The van der Waals surface area contributed by atoms with Gasteiger partial charge in [0.15, 0.2) is 0 Å². The third kappa shape index (κ3) is 4.77. The Kier molecular flexibility index (Phi) is 5.32. The van der Waals surface area contributed by atoms with Crippen LogP contribution in [0.25, 0.3) is 0 Å². The van der Waals surface area contributed by atoms with Crippen molar-refractivity contribution in [1.29, 1.82) is 0 Å². The van der Waals surface area contributed by atoms with Crippen molar-refractivity contribution >= 4 is 23.1 Å². The fraction of sp³-hybridized carbons (Fsp3) is 0.389. The van der Waals surface area contributed by atoms with Crippen molar-refractivity contribution in [1.82, 2.24) is 9.97 Å². The molecule has 1 amide bonds. The molecule has 23 heavy (non-hydrogen) atoms. The van der Waals surface area contributed by atoms with Crippen LogP contribution < -0.4 is 10.6 Å². The number of anilines is 3. The average molecular weight is 312 g/mol. The van der Waals surface area contributed by atoms with Crippen molar-refractivity contribution in [3.05, 3.63) is 41.9 Å². The third-order valence-electron chi connectivity index (χ3n) is 3.35. The molecule has 1 aromatic carbocycles. The zero-order valence-corrected chi connectivity index (χ0v) is 14.3. The molecule has 2 rings (SSSR count). The first-order chi connectivity index (χ1) is 10.8. The molecular formula is C18H24N4O. The molecule has 5 heteroatoms. The molecule has 122 valence electrons. The minimum Gasteiger partial charge on any atom is -0.340 e. The molecule has 1 aromatic heterocycles. The molecule has 0 fully saturated rings. The quantitative estimate of drug-likeness (QED) is 0.857. The van der Waals surface area contributed by atoms with Crippen LogP contribution in [0.1, 0.15) is 58.0 Å². The van der Waals surface area contributed by atoms with Crippen LogP contribution in [0.15, 0.2) is 30.3 Å². The number of hydrogen-bond donors (Lipinski definition) is 2. The molecule has 2 N–H and O–H groups in total. The maximum Gasteiger partial charge on any atom is 0.221 e. The first-order valence-electron chi connectivity index (χ1n) is 7.88. The number of nitrogens with one attached hydrogen (secondary N) is 2. The van der Waals surface area contributed by atoms with Crippen molar-refractivity contribution in [3.8, 4) is 0 Å². The van der Waals surface area contributed by atoms with Crippen molar-refractivity contribution in [2.75, 3.05) is 10.6 Å². The van der Waals surface area contributed by atoms with Crippen LogP contribution in [-0.4, -0.2) is 15.9 Å². The van der Waals surface area contributed by atoms with Crippen LogP contribution >= 0.6 is 0 Å². The van der Waals surface area contributed by atoms with E-state index in [1.807, 2.05) is 30.3 Å². The van der Waals surface area contributed by atoms with E-state index in [2.05, 4.69) is 48.3 Å². The van der Waals surface area contributed by atoms with Crippen LogP contribution in [0.4, 0.5) is 17.2 Å². The normalized spacial score (nSPS) is 10.9. The molecule has 2 aromatic rings.